The van der Waals surface area contributed by atoms with Crippen LogP contribution in [0.2, 0.25) is 0 Å². The molecule has 1 fully saturated rings. The van der Waals surface area contributed by atoms with Crippen LogP contribution in [0.25, 0.3) is 11.3 Å². The predicted molar refractivity (Wildman–Crippen MR) is 119 cm³/mol. The molecule has 7 nitrogen and oxygen atoms in total. The molecular weight excluding hydrogens is 378 g/mol. The topological polar surface area (TPSA) is 79.4 Å². The van der Waals surface area contributed by atoms with Gasteiger partial charge in [-0.1, -0.05) is 24.3 Å². The van der Waals surface area contributed by atoms with Crippen molar-refractivity contribution in [1.29, 1.82) is 0 Å². The van der Waals surface area contributed by atoms with Gasteiger partial charge in [0, 0.05) is 24.3 Å². The van der Waals surface area contributed by atoms with Crippen LogP contribution in [0.4, 0.5) is 22.0 Å². The lowest BCUT2D eigenvalue weighted by Gasteiger charge is -2.27. The van der Waals surface area contributed by atoms with Crippen molar-refractivity contribution >= 4 is 23.2 Å². The van der Waals surface area contributed by atoms with Gasteiger partial charge in [0.15, 0.2) is 5.82 Å². The molecule has 1 aromatic heterocycles. The number of amides is 2. The molecule has 1 aliphatic rings. The number of anilines is 3. The third-order valence-corrected chi connectivity index (χ3v) is 5.10. The number of carbonyl (C=O) groups excluding carboxylic acids is 1. The zero-order valence-corrected chi connectivity index (χ0v) is 17.0. The van der Waals surface area contributed by atoms with Crippen molar-refractivity contribution in [1.82, 2.24) is 10.2 Å². The fourth-order valence-electron chi connectivity index (χ4n) is 3.56. The maximum atomic E-state index is 12.4. The van der Waals surface area contributed by atoms with Crippen LogP contribution < -0.4 is 20.3 Å². The van der Waals surface area contributed by atoms with Gasteiger partial charge >= 0.3 is 6.03 Å². The molecular formula is C23H25N5O2. The first-order chi connectivity index (χ1) is 14.7. The third kappa shape index (κ3) is 4.68. The number of urea groups is 1. The van der Waals surface area contributed by atoms with E-state index in [1.165, 1.54) is 19.3 Å². The van der Waals surface area contributed by atoms with Gasteiger partial charge in [-0.3, -0.25) is 0 Å². The summed E-state index contributed by atoms with van der Waals surface area (Å²) in [4.78, 5) is 14.7. The molecule has 1 saturated heterocycles. The van der Waals surface area contributed by atoms with Gasteiger partial charge in [-0.25, -0.2) is 4.79 Å². The molecule has 3 aromatic rings. The molecule has 0 spiro atoms. The highest BCUT2D eigenvalue weighted by atomic mass is 16.5. The van der Waals surface area contributed by atoms with E-state index in [2.05, 4.69) is 25.7 Å². The molecule has 0 bridgehead atoms. The van der Waals surface area contributed by atoms with Crippen LogP contribution in [-0.2, 0) is 0 Å². The minimum atomic E-state index is -0.344. The highest BCUT2D eigenvalue weighted by molar-refractivity contribution is 6.01. The van der Waals surface area contributed by atoms with Gasteiger partial charge in [0.05, 0.1) is 18.5 Å². The number of nitrogens with zero attached hydrogens (tertiary/aromatic N) is 3. The Morgan fingerprint density at radius 3 is 2.53 bits per heavy atom. The van der Waals surface area contributed by atoms with E-state index in [0.717, 1.165) is 30.2 Å². The summed E-state index contributed by atoms with van der Waals surface area (Å²) in [5.74, 6) is 1.52. The van der Waals surface area contributed by atoms with E-state index in [1.54, 1.807) is 19.2 Å². The van der Waals surface area contributed by atoms with Gasteiger partial charge in [0.1, 0.15) is 5.75 Å². The van der Waals surface area contributed by atoms with Crippen LogP contribution >= 0.6 is 0 Å². The largest absolute Gasteiger partial charge is 0.495 e. The van der Waals surface area contributed by atoms with Crippen molar-refractivity contribution in [2.24, 2.45) is 0 Å². The second-order valence-corrected chi connectivity index (χ2v) is 7.18. The summed E-state index contributed by atoms with van der Waals surface area (Å²) < 4.78 is 5.27. The van der Waals surface area contributed by atoms with E-state index in [4.69, 9.17) is 4.74 Å². The van der Waals surface area contributed by atoms with Crippen molar-refractivity contribution in [3.63, 3.8) is 0 Å². The summed E-state index contributed by atoms with van der Waals surface area (Å²) in [7, 11) is 1.57. The van der Waals surface area contributed by atoms with Crippen molar-refractivity contribution < 1.29 is 9.53 Å². The first kappa shape index (κ1) is 19.7. The van der Waals surface area contributed by atoms with Gasteiger partial charge in [0.2, 0.25) is 0 Å². The number of carbonyl (C=O) groups is 1. The first-order valence-electron chi connectivity index (χ1n) is 10.1. The number of methoxy groups -OCH3 is 1. The van der Waals surface area contributed by atoms with Crippen LogP contribution in [0.3, 0.4) is 0 Å². The Bertz CT molecular complexity index is 1000. The number of ether oxygens (including phenoxy) is 1. The summed E-state index contributed by atoms with van der Waals surface area (Å²) in [6.07, 6.45) is 3.69. The number of aromatic nitrogens is 2. The summed E-state index contributed by atoms with van der Waals surface area (Å²) in [6.45, 7) is 2.07. The van der Waals surface area contributed by atoms with E-state index in [-0.39, 0.29) is 6.03 Å². The van der Waals surface area contributed by atoms with Crippen molar-refractivity contribution in [2.75, 3.05) is 35.7 Å². The fraction of sp³-hybridized carbons (Fsp3) is 0.261. The molecule has 4 rings (SSSR count). The molecule has 0 atom stereocenters. The van der Waals surface area contributed by atoms with Crippen molar-refractivity contribution in [3.05, 3.63) is 60.7 Å². The number of para-hydroxylation sites is 2. The molecule has 0 radical (unpaired) electrons. The Balaban J connectivity index is 1.44. The molecule has 2 amide bonds. The minimum Gasteiger partial charge on any atom is -0.495 e. The number of piperidine rings is 1. The van der Waals surface area contributed by atoms with Crippen LogP contribution in [0.15, 0.2) is 60.7 Å². The van der Waals surface area contributed by atoms with Crippen LogP contribution in [0.5, 0.6) is 5.75 Å². The van der Waals surface area contributed by atoms with E-state index >= 15 is 0 Å². The maximum Gasteiger partial charge on any atom is 0.323 e. The molecule has 0 saturated carbocycles. The Morgan fingerprint density at radius 1 is 0.933 bits per heavy atom. The lowest BCUT2D eigenvalue weighted by molar-refractivity contribution is 0.262. The first-order valence-corrected chi connectivity index (χ1v) is 10.1. The molecule has 154 valence electrons. The lowest BCUT2D eigenvalue weighted by atomic mass is 10.1. The van der Waals surface area contributed by atoms with E-state index < -0.39 is 0 Å². The summed E-state index contributed by atoms with van der Waals surface area (Å²) in [5.41, 5.74) is 2.93. The molecule has 0 unspecified atom stereocenters. The normalized spacial score (nSPS) is 13.6. The Hall–Kier alpha value is -3.61. The van der Waals surface area contributed by atoms with Gasteiger partial charge < -0.3 is 20.3 Å². The average molecular weight is 403 g/mol. The maximum absolute atomic E-state index is 12.4. The number of hydrogen-bond donors (Lipinski definition) is 2. The van der Waals surface area contributed by atoms with Crippen molar-refractivity contribution in [2.45, 2.75) is 19.3 Å². The van der Waals surface area contributed by atoms with E-state index in [9.17, 15) is 4.79 Å². The Labute approximate surface area is 176 Å². The SMILES string of the molecule is COc1ccccc1NC(=O)Nc1cccc(-c2ccc(N3CCCCC3)nn2)c1. The molecule has 2 N–H and O–H groups in total. The highest BCUT2D eigenvalue weighted by Gasteiger charge is 2.13. The highest BCUT2D eigenvalue weighted by Crippen LogP contribution is 2.25. The smallest absolute Gasteiger partial charge is 0.323 e. The van der Waals surface area contributed by atoms with Crippen LogP contribution in [0, 0.1) is 0 Å². The molecule has 30 heavy (non-hydrogen) atoms. The second-order valence-electron chi connectivity index (χ2n) is 7.18. The molecule has 2 aromatic carbocycles. The van der Waals surface area contributed by atoms with Crippen molar-refractivity contribution in [3.8, 4) is 17.0 Å². The van der Waals surface area contributed by atoms with E-state index in [0.29, 0.717) is 17.1 Å². The molecule has 1 aliphatic heterocycles. The molecule has 2 heterocycles. The van der Waals surface area contributed by atoms with Gasteiger partial charge in [-0.05, 0) is 55.7 Å². The summed E-state index contributed by atoms with van der Waals surface area (Å²) in [5, 5.41) is 14.5. The van der Waals surface area contributed by atoms with Crippen LogP contribution in [0.1, 0.15) is 19.3 Å². The monoisotopic (exact) mass is 403 g/mol. The van der Waals surface area contributed by atoms with E-state index in [1.807, 2.05) is 48.5 Å². The predicted octanol–water partition coefficient (Wildman–Crippen LogP) is 4.79. The molecule has 7 heteroatoms. The Morgan fingerprint density at radius 2 is 1.77 bits per heavy atom. The number of rotatable bonds is 5. The summed E-state index contributed by atoms with van der Waals surface area (Å²) >= 11 is 0. The quantitative estimate of drug-likeness (QED) is 0.640. The average Bonchev–Trinajstić information content (AvgIpc) is 2.80. The summed E-state index contributed by atoms with van der Waals surface area (Å²) in [6, 6.07) is 18.5. The Kier molecular flexibility index (Phi) is 6.08. The minimum absolute atomic E-state index is 0.344. The van der Waals surface area contributed by atoms with Gasteiger partial charge in [-0.15, -0.1) is 10.2 Å². The third-order valence-electron chi connectivity index (χ3n) is 5.10. The second kappa shape index (κ2) is 9.26. The number of nitrogens with one attached hydrogen (secondary N) is 2. The number of hydrogen-bond acceptors (Lipinski definition) is 5. The lowest BCUT2D eigenvalue weighted by Crippen LogP contribution is -2.30. The molecule has 0 aliphatic carbocycles. The standard InChI is InChI=1S/C23H25N5O2/c1-30-21-11-4-3-10-20(21)25-23(29)24-18-9-7-8-17(16-18)19-12-13-22(27-26-19)28-14-5-2-6-15-28/h3-4,7-13,16H,2,5-6,14-15H2,1H3,(H2,24,25,29). The zero-order chi connectivity index (χ0) is 20.8. The zero-order valence-electron chi connectivity index (χ0n) is 17.0. The number of benzene rings is 2. The van der Waals surface area contributed by atoms with Gasteiger partial charge in [0.25, 0.3) is 0 Å². The fourth-order valence-corrected chi connectivity index (χ4v) is 3.56. The van der Waals surface area contributed by atoms with Crippen LogP contribution in [-0.4, -0.2) is 36.4 Å². The van der Waals surface area contributed by atoms with Gasteiger partial charge in [-0.2, -0.15) is 0 Å².